The van der Waals surface area contributed by atoms with E-state index in [0.29, 0.717) is 13.1 Å². The summed E-state index contributed by atoms with van der Waals surface area (Å²) in [6, 6.07) is 9.62. The smallest absolute Gasteiger partial charge is 0.178 e. The molecule has 0 amide bonds. The molecule has 0 radical (unpaired) electrons. The zero-order valence-corrected chi connectivity index (χ0v) is 15.4. The molecule has 1 aromatic rings. The van der Waals surface area contributed by atoms with E-state index < -0.39 is 11.2 Å². The van der Waals surface area contributed by atoms with Gasteiger partial charge in [0, 0.05) is 24.7 Å². The van der Waals surface area contributed by atoms with Crippen molar-refractivity contribution in [2.24, 2.45) is 11.8 Å². The average Bonchev–Trinajstić information content (AvgIpc) is 2.67. The predicted octanol–water partition coefficient (Wildman–Crippen LogP) is 2.93. The molecule has 1 aliphatic carbocycles. The van der Waals surface area contributed by atoms with Crippen molar-refractivity contribution in [3.05, 3.63) is 41.1 Å². The molecule has 26 heavy (non-hydrogen) atoms. The highest BCUT2D eigenvalue weighted by Gasteiger charge is 2.51. The first kappa shape index (κ1) is 18.0. The monoisotopic (exact) mass is 355 g/mol. The minimum Gasteiger partial charge on any atom is -0.633 e. The van der Waals surface area contributed by atoms with Crippen LogP contribution in [-0.4, -0.2) is 40.1 Å². The second-order valence-electron chi connectivity index (χ2n) is 8.58. The molecular formula is C22H29NO3. The standard InChI is InChI=1S/C22H29NO3/c24-21(17-23(26)15-11-18(21)12-16-23)13-14-22(25,19-7-3-1-4-8-19)20-9-5-2-6-10-20/h1,3-4,7-8,18,20,24-25H,2,5-6,9-12,15-17H2. The summed E-state index contributed by atoms with van der Waals surface area (Å²) < 4.78 is -0.338. The van der Waals surface area contributed by atoms with Crippen LogP contribution in [0.2, 0.25) is 0 Å². The summed E-state index contributed by atoms with van der Waals surface area (Å²) in [6.07, 6.45) is 6.76. The number of hydrogen-bond donors (Lipinski definition) is 2. The maximum Gasteiger partial charge on any atom is 0.178 e. The first-order valence-corrected chi connectivity index (χ1v) is 10.1. The lowest BCUT2D eigenvalue weighted by Crippen LogP contribution is -2.66. The molecule has 3 saturated heterocycles. The molecule has 3 aliphatic heterocycles. The van der Waals surface area contributed by atoms with Crippen molar-refractivity contribution in [3.8, 4) is 11.8 Å². The van der Waals surface area contributed by atoms with Crippen LogP contribution in [0.15, 0.2) is 30.3 Å². The summed E-state index contributed by atoms with van der Waals surface area (Å²) >= 11 is 0. The van der Waals surface area contributed by atoms with Gasteiger partial charge in [0.2, 0.25) is 0 Å². The van der Waals surface area contributed by atoms with Crippen molar-refractivity contribution in [1.29, 1.82) is 0 Å². The van der Waals surface area contributed by atoms with Crippen LogP contribution in [0.5, 0.6) is 0 Å². The number of hydroxylamine groups is 3. The number of quaternary nitrogens is 1. The van der Waals surface area contributed by atoms with E-state index in [4.69, 9.17) is 0 Å². The Morgan fingerprint density at radius 1 is 1.04 bits per heavy atom. The fourth-order valence-electron chi connectivity index (χ4n) is 5.21. The van der Waals surface area contributed by atoms with Crippen LogP contribution in [0.3, 0.4) is 0 Å². The van der Waals surface area contributed by atoms with Gasteiger partial charge in [-0.2, -0.15) is 0 Å². The summed E-state index contributed by atoms with van der Waals surface area (Å²) in [5.74, 6) is 6.26. The molecule has 2 N–H and O–H groups in total. The van der Waals surface area contributed by atoms with Gasteiger partial charge in [0.05, 0.1) is 13.1 Å². The minimum atomic E-state index is -1.27. The SMILES string of the molecule is [O-][N+]12CCC(CC1)C(O)(C#CC(O)(c1ccccc1)C1CCCCC1)C2. The molecule has 2 bridgehead atoms. The van der Waals surface area contributed by atoms with Gasteiger partial charge < -0.3 is 20.1 Å². The number of aliphatic hydroxyl groups is 2. The minimum absolute atomic E-state index is 0.0512. The van der Waals surface area contributed by atoms with Gasteiger partial charge in [0.1, 0.15) is 6.54 Å². The van der Waals surface area contributed by atoms with Crippen molar-refractivity contribution in [2.75, 3.05) is 19.6 Å². The normalized spacial score (nSPS) is 36.8. The van der Waals surface area contributed by atoms with Gasteiger partial charge in [-0.25, -0.2) is 0 Å². The second-order valence-corrected chi connectivity index (χ2v) is 8.58. The molecule has 140 valence electrons. The molecule has 1 saturated carbocycles. The number of piperidine rings is 3. The first-order chi connectivity index (χ1) is 12.4. The molecule has 4 fully saturated rings. The molecule has 5 rings (SSSR count). The van der Waals surface area contributed by atoms with Crippen LogP contribution >= 0.6 is 0 Å². The molecule has 4 nitrogen and oxygen atoms in total. The van der Waals surface area contributed by atoms with E-state index >= 15 is 0 Å². The third kappa shape index (κ3) is 3.18. The molecule has 0 aromatic heterocycles. The van der Waals surface area contributed by atoms with Crippen LogP contribution < -0.4 is 0 Å². The van der Waals surface area contributed by atoms with E-state index in [1.165, 1.54) is 6.42 Å². The quantitative estimate of drug-likeness (QED) is 0.487. The maximum absolute atomic E-state index is 12.7. The van der Waals surface area contributed by atoms with Crippen LogP contribution in [-0.2, 0) is 5.60 Å². The van der Waals surface area contributed by atoms with Gasteiger partial charge in [-0.3, -0.25) is 0 Å². The number of hydrogen-bond acceptors (Lipinski definition) is 3. The van der Waals surface area contributed by atoms with Crippen LogP contribution in [0.1, 0.15) is 50.5 Å². The van der Waals surface area contributed by atoms with E-state index in [0.717, 1.165) is 44.1 Å². The molecule has 1 aromatic carbocycles. The Morgan fingerprint density at radius 2 is 1.69 bits per heavy atom. The van der Waals surface area contributed by atoms with Crippen molar-refractivity contribution in [2.45, 2.75) is 56.1 Å². The Balaban J connectivity index is 1.69. The van der Waals surface area contributed by atoms with E-state index in [1.54, 1.807) is 0 Å². The van der Waals surface area contributed by atoms with Crippen molar-refractivity contribution in [3.63, 3.8) is 0 Å². The summed E-state index contributed by atoms with van der Waals surface area (Å²) in [5.41, 5.74) is -1.72. The van der Waals surface area contributed by atoms with Crippen LogP contribution in [0.25, 0.3) is 0 Å². The fraction of sp³-hybridized carbons (Fsp3) is 0.636. The Kier molecular flexibility index (Phi) is 4.61. The zero-order chi connectivity index (χ0) is 18.3. The highest BCUT2D eigenvalue weighted by Crippen LogP contribution is 2.42. The number of benzene rings is 1. The summed E-state index contributed by atoms with van der Waals surface area (Å²) in [4.78, 5) is 0. The predicted molar refractivity (Wildman–Crippen MR) is 101 cm³/mol. The Hall–Kier alpha value is -1.38. The van der Waals surface area contributed by atoms with Crippen LogP contribution in [0, 0.1) is 28.9 Å². The van der Waals surface area contributed by atoms with Gasteiger partial charge in [-0.1, -0.05) is 61.4 Å². The lowest BCUT2D eigenvalue weighted by atomic mass is 9.71. The van der Waals surface area contributed by atoms with E-state index in [9.17, 15) is 15.4 Å². The topological polar surface area (TPSA) is 63.5 Å². The second kappa shape index (κ2) is 6.65. The van der Waals surface area contributed by atoms with Crippen molar-refractivity contribution in [1.82, 2.24) is 0 Å². The summed E-state index contributed by atoms with van der Waals surface area (Å²) in [5, 5.41) is 35.4. The largest absolute Gasteiger partial charge is 0.633 e. The maximum atomic E-state index is 12.7. The van der Waals surface area contributed by atoms with Gasteiger partial charge >= 0.3 is 0 Å². The molecule has 4 aliphatic rings. The zero-order valence-electron chi connectivity index (χ0n) is 15.4. The highest BCUT2D eigenvalue weighted by molar-refractivity contribution is 5.35. The molecule has 3 heterocycles. The molecule has 0 spiro atoms. The average molecular weight is 355 g/mol. The third-order valence-electron chi connectivity index (χ3n) is 6.85. The Morgan fingerprint density at radius 3 is 2.31 bits per heavy atom. The van der Waals surface area contributed by atoms with Crippen molar-refractivity contribution < 1.29 is 14.9 Å². The van der Waals surface area contributed by atoms with Gasteiger partial charge in [0.15, 0.2) is 11.2 Å². The van der Waals surface area contributed by atoms with Gasteiger partial charge in [0.25, 0.3) is 0 Å². The Bertz CT molecular complexity index is 695. The molecule has 4 heteroatoms. The molecular weight excluding hydrogens is 326 g/mol. The number of rotatable bonds is 2. The fourth-order valence-corrected chi connectivity index (χ4v) is 5.21. The first-order valence-electron chi connectivity index (χ1n) is 10.1. The lowest BCUT2D eigenvalue weighted by Gasteiger charge is -2.57. The molecule has 2 unspecified atom stereocenters. The number of nitrogens with zero attached hydrogens (tertiary/aromatic N) is 1. The number of fused-ring (bicyclic) bond motifs is 3. The Labute approximate surface area is 156 Å². The molecule has 2 atom stereocenters. The van der Waals surface area contributed by atoms with Gasteiger partial charge in [-0.15, -0.1) is 0 Å². The van der Waals surface area contributed by atoms with Crippen LogP contribution in [0.4, 0.5) is 0 Å². The van der Waals surface area contributed by atoms with E-state index in [2.05, 4.69) is 11.8 Å². The summed E-state index contributed by atoms with van der Waals surface area (Å²) in [6.45, 7) is 1.31. The van der Waals surface area contributed by atoms with E-state index in [1.807, 2.05) is 30.3 Å². The highest BCUT2D eigenvalue weighted by atomic mass is 16.5. The van der Waals surface area contributed by atoms with Gasteiger partial charge in [-0.05, 0) is 18.4 Å². The van der Waals surface area contributed by atoms with Crippen molar-refractivity contribution >= 4 is 0 Å². The lowest BCUT2D eigenvalue weighted by molar-refractivity contribution is -0.904. The summed E-state index contributed by atoms with van der Waals surface area (Å²) in [7, 11) is 0. The third-order valence-corrected chi connectivity index (χ3v) is 6.85. The van der Waals surface area contributed by atoms with E-state index in [-0.39, 0.29) is 23.0 Å².